The molecule has 2 atom stereocenters. The van der Waals surface area contributed by atoms with Crippen LogP contribution in [0.25, 0.3) is 0 Å². The summed E-state index contributed by atoms with van der Waals surface area (Å²) in [6.45, 7) is 7.95. The Morgan fingerprint density at radius 2 is 2.27 bits per heavy atom. The van der Waals surface area contributed by atoms with Crippen molar-refractivity contribution in [1.29, 1.82) is 0 Å². The van der Waals surface area contributed by atoms with Crippen molar-refractivity contribution in [1.82, 2.24) is 4.90 Å². The van der Waals surface area contributed by atoms with Crippen LogP contribution in [0.4, 0.5) is 0 Å². The van der Waals surface area contributed by atoms with Crippen molar-refractivity contribution < 1.29 is 9.90 Å². The monoisotopic (exact) mass is 213 g/mol. The van der Waals surface area contributed by atoms with E-state index in [1.54, 1.807) is 0 Å². The number of carbonyl (C=O) groups is 1. The van der Waals surface area contributed by atoms with Gasteiger partial charge >= 0.3 is 0 Å². The van der Waals surface area contributed by atoms with Crippen LogP contribution in [-0.2, 0) is 4.79 Å². The standard InChI is InChI=1S/C12H23NO2/c1-4-10(2)11(14)8-13-7-5-6-12(3,15)9-13/h10,15H,4-9H2,1-3H3. The number of likely N-dealkylation sites (tertiary alicyclic amines) is 1. The van der Waals surface area contributed by atoms with E-state index in [2.05, 4.69) is 4.90 Å². The van der Waals surface area contributed by atoms with Crippen LogP contribution in [0.1, 0.15) is 40.0 Å². The van der Waals surface area contributed by atoms with Crippen molar-refractivity contribution in [3.63, 3.8) is 0 Å². The Morgan fingerprint density at radius 1 is 1.60 bits per heavy atom. The van der Waals surface area contributed by atoms with Gasteiger partial charge in [-0.1, -0.05) is 13.8 Å². The lowest BCUT2D eigenvalue weighted by Crippen LogP contribution is -2.48. The van der Waals surface area contributed by atoms with E-state index in [9.17, 15) is 9.90 Å². The van der Waals surface area contributed by atoms with Gasteiger partial charge in [0, 0.05) is 12.5 Å². The zero-order chi connectivity index (χ0) is 11.5. The van der Waals surface area contributed by atoms with E-state index in [-0.39, 0.29) is 5.92 Å². The second-order valence-electron chi connectivity index (χ2n) is 5.09. The summed E-state index contributed by atoms with van der Waals surface area (Å²) in [5.74, 6) is 0.451. The van der Waals surface area contributed by atoms with Crippen LogP contribution in [-0.4, -0.2) is 41.0 Å². The third kappa shape index (κ3) is 3.92. The highest BCUT2D eigenvalue weighted by Gasteiger charge is 2.29. The van der Waals surface area contributed by atoms with E-state index in [0.717, 1.165) is 25.8 Å². The van der Waals surface area contributed by atoms with Gasteiger partial charge in [0.1, 0.15) is 5.78 Å². The van der Waals surface area contributed by atoms with Crippen LogP contribution < -0.4 is 0 Å². The van der Waals surface area contributed by atoms with E-state index in [1.807, 2.05) is 20.8 Å². The van der Waals surface area contributed by atoms with Gasteiger partial charge in [0.25, 0.3) is 0 Å². The van der Waals surface area contributed by atoms with Crippen LogP contribution in [0.3, 0.4) is 0 Å². The summed E-state index contributed by atoms with van der Waals surface area (Å²) in [7, 11) is 0. The average Bonchev–Trinajstić information content (AvgIpc) is 2.14. The lowest BCUT2D eigenvalue weighted by molar-refractivity contribution is -0.125. The van der Waals surface area contributed by atoms with E-state index in [4.69, 9.17) is 0 Å². The van der Waals surface area contributed by atoms with Crippen molar-refractivity contribution in [2.24, 2.45) is 5.92 Å². The Labute approximate surface area is 92.5 Å². The molecule has 0 saturated carbocycles. The number of carbonyl (C=O) groups excluding carboxylic acids is 1. The largest absolute Gasteiger partial charge is 0.389 e. The molecule has 0 aliphatic carbocycles. The molecule has 0 radical (unpaired) electrons. The van der Waals surface area contributed by atoms with Crippen LogP contribution in [0.2, 0.25) is 0 Å². The molecule has 2 unspecified atom stereocenters. The molecule has 88 valence electrons. The van der Waals surface area contributed by atoms with E-state index in [1.165, 1.54) is 0 Å². The molecule has 1 saturated heterocycles. The first-order valence-electron chi connectivity index (χ1n) is 5.92. The van der Waals surface area contributed by atoms with Crippen molar-refractivity contribution >= 4 is 5.78 Å². The quantitative estimate of drug-likeness (QED) is 0.768. The highest BCUT2D eigenvalue weighted by molar-refractivity contribution is 5.82. The van der Waals surface area contributed by atoms with Crippen molar-refractivity contribution in [2.45, 2.75) is 45.6 Å². The van der Waals surface area contributed by atoms with Gasteiger partial charge in [-0.3, -0.25) is 9.69 Å². The van der Waals surface area contributed by atoms with Gasteiger partial charge in [0.2, 0.25) is 0 Å². The first kappa shape index (κ1) is 12.7. The summed E-state index contributed by atoms with van der Waals surface area (Å²) in [4.78, 5) is 13.8. The lowest BCUT2D eigenvalue weighted by Gasteiger charge is -2.36. The van der Waals surface area contributed by atoms with Crippen LogP contribution in [0.5, 0.6) is 0 Å². The normalized spacial score (nSPS) is 30.1. The first-order valence-corrected chi connectivity index (χ1v) is 5.92. The Kier molecular flexibility index (Phi) is 4.29. The van der Waals surface area contributed by atoms with Gasteiger partial charge in [0.15, 0.2) is 0 Å². The van der Waals surface area contributed by atoms with Gasteiger partial charge in [-0.25, -0.2) is 0 Å². The number of hydrogen-bond donors (Lipinski definition) is 1. The molecule has 3 nitrogen and oxygen atoms in total. The number of aliphatic hydroxyl groups is 1. The number of hydrogen-bond acceptors (Lipinski definition) is 3. The summed E-state index contributed by atoms with van der Waals surface area (Å²) in [6, 6.07) is 0. The van der Waals surface area contributed by atoms with Crippen molar-refractivity contribution in [2.75, 3.05) is 19.6 Å². The van der Waals surface area contributed by atoms with Gasteiger partial charge in [-0.05, 0) is 32.7 Å². The fourth-order valence-corrected chi connectivity index (χ4v) is 2.06. The molecule has 1 heterocycles. The van der Waals surface area contributed by atoms with Crippen LogP contribution >= 0.6 is 0 Å². The summed E-state index contributed by atoms with van der Waals surface area (Å²) in [5, 5.41) is 9.90. The highest BCUT2D eigenvalue weighted by Crippen LogP contribution is 2.20. The zero-order valence-electron chi connectivity index (χ0n) is 10.1. The van der Waals surface area contributed by atoms with Gasteiger partial charge in [-0.2, -0.15) is 0 Å². The molecular weight excluding hydrogens is 190 g/mol. The molecule has 15 heavy (non-hydrogen) atoms. The molecule has 0 amide bonds. The maximum atomic E-state index is 11.7. The second kappa shape index (κ2) is 5.08. The Bertz CT molecular complexity index is 226. The van der Waals surface area contributed by atoms with E-state index >= 15 is 0 Å². The number of nitrogens with zero attached hydrogens (tertiary/aromatic N) is 1. The molecule has 1 aliphatic rings. The third-order valence-corrected chi connectivity index (χ3v) is 3.30. The lowest BCUT2D eigenvalue weighted by atomic mass is 9.94. The molecular formula is C12H23NO2. The SMILES string of the molecule is CCC(C)C(=O)CN1CCCC(C)(O)C1. The number of rotatable bonds is 4. The smallest absolute Gasteiger partial charge is 0.149 e. The maximum Gasteiger partial charge on any atom is 0.149 e. The third-order valence-electron chi connectivity index (χ3n) is 3.30. The minimum atomic E-state index is -0.603. The van der Waals surface area contributed by atoms with Crippen molar-refractivity contribution in [3.05, 3.63) is 0 Å². The average molecular weight is 213 g/mol. The predicted octanol–water partition coefficient (Wildman–Crippen LogP) is 1.45. The Hall–Kier alpha value is -0.410. The minimum absolute atomic E-state index is 0.150. The molecule has 0 aromatic carbocycles. The van der Waals surface area contributed by atoms with Crippen molar-refractivity contribution in [3.8, 4) is 0 Å². The summed E-state index contributed by atoms with van der Waals surface area (Å²) < 4.78 is 0. The number of piperidine rings is 1. The second-order valence-corrected chi connectivity index (χ2v) is 5.09. The summed E-state index contributed by atoms with van der Waals surface area (Å²) in [5.41, 5.74) is -0.603. The first-order chi connectivity index (χ1) is 6.94. The molecule has 1 N–H and O–H groups in total. The van der Waals surface area contributed by atoms with Gasteiger partial charge < -0.3 is 5.11 Å². The molecule has 1 rings (SSSR count). The minimum Gasteiger partial charge on any atom is -0.389 e. The van der Waals surface area contributed by atoms with E-state index < -0.39 is 5.60 Å². The summed E-state index contributed by atoms with van der Waals surface area (Å²) in [6.07, 6.45) is 2.74. The maximum absolute atomic E-state index is 11.7. The zero-order valence-corrected chi connectivity index (χ0v) is 10.1. The number of Topliss-reactive ketones (excluding diaryl/α,β-unsaturated/α-hetero) is 1. The Morgan fingerprint density at radius 3 is 2.80 bits per heavy atom. The molecule has 0 aromatic rings. The molecule has 1 fully saturated rings. The molecule has 0 aromatic heterocycles. The molecule has 1 aliphatic heterocycles. The fraction of sp³-hybridized carbons (Fsp3) is 0.917. The number of ketones is 1. The predicted molar refractivity (Wildman–Crippen MR) is 60.8 cm³/mol. The highest BCUT2D eigenvalue weighted by atomic mass is 16.3. The van der Waals surface area contributed by atoms with Crippen LogP contribution in [0.15, 0.2) is 0 Å². The van der Waals surface area contributed by atoms with E-state index in [0.29, 0.717) is 18.9 Å². The molecule has 3 heteroatoms. The topological polar surface area (TPSA) is 40.5 Å². The molecule has 0 spiro atoms. The van der Waals surface area contributed by atoms with Gasteiger partial charge in [0.05, 0.1) is 12.1 Å². The van der Waals surface area contributed by atoms with Gasteiger partial charge in [-0.15, -0.1) is 0 Å². The Balaban J connectivity index is 2.41. The molecule has 0 bridgehead atoms. The number of β-amino-alcohol motifs (C(OH)–C–C–N with tert-alkyl or cyclic N) is 1. The van der Waals surface area contributed by atoms with Crippen LogP contribution in [0, 0.1) is 5.92 Å². The summed E-state index contributed by atoms with van der Waals surface area (Å²) >= 11 is 0. The fourth-order valence-electron chi connectivity index (χ4n) is 2.06.